The second-order valence-electron chi connectivity index (χ2n) is 23.0. The van der Waals surface area contributed by atoms with Crippen molar-refractivity contribution in [1.29, 1.82) is 0 Å². The van der Waals surface area contributed by atoms with Crippen molar-refractivity contribution in [3.8, 4) is 0 Å². The monoisotopic (exact) mass is 1130 g/mol. The number of carboxylic acid groups (broad SMARTS) is 1. The summed E-state index contributed by atoms with van der Waals surface area (Å²) in [6.45, 7) is 4.59. The van der Waals surface area contributed by atoms with Crippen LogP contribution in [0.1, 0.15) is 271 Å². The van der Waals surface area contributed by atoms with Crippen LogP contribution in [0.5, 0.6) is 0 Å². The van der Waals surface area contributed by atoms with Crippen molar-refractivity contribution in [1.82, 2.24) is 0 Å². The first kappa shape index (κ1) is 77.0. The van der Waals surface area contributed by atoms with Crippen LogP contribution in [0.3, 0.4) is 0 Å². The topological polar surface area (TPSA) is 111 Å². The van der Waals surface area contributed by atoms with Gasteiger partial charge in [-0.3, -0.25) is 9.59 Å². The van der Waals surface area contributed by atoms with Crippen LogP contribution in [-0.2, 0) is 33.3 Å². The number of hydrogen-bond donors (Lipinski definition) is 0. The fraction of sp³-hybridized carbons (Fsp3) is 0.708. The number of esters is 2. The lowest BCUT2D eigenvalue weighted by Crippen LogP contribution is -2.44. The number of rotatable bonds is 60. The third-order valence-corrected chi connectivity index (χ3v) is 14.0. The Morgan fingerprint density at radius 1 is 0.383 bits per heavy atom. The zero-order valence-corrected chi connectivity index (χ0v) is 52.9. The van der Waals surface area contributed by atoms with Gasteiger partial charge in [-0.2, -0.15) is 0 Å². The molecule has 0 bridgehead atoms. The summed E-state index contributed by atoms with van der Waals surface area (Å²) < 4.78 is 22.7. The van der Waals surface area contributed by atoms with E-state index in [-0.39, 0.29) is 38.6 Å². The van der Waals surface area contributed by atoms with E-state index in [9.17, 15) is 19.5 Å². The number of allylic oxidation sites excluding steroid dienone is 18. The largest absolute Gasteiger partial charge is 0.545 e. The number of ether oxygens (including phenoxy) is 4. The van der Waals surface area contributed by atoms with E-state index in [1.807, 2.05) is 21.1 Å². The number of carboxylic acids is 1. The Kier molecular flexibility index (Phi) is 58.9. The van der Waals surface area contributed by atoms with Crippen LogP contribution < -0.4 is 5.11 Å². The van der Waals surface area contributed by atoms with Crippen molar-refractivity contribution in [2.24, 2.45) is 0 Å². The van der Waals surface area contributed by atoms with E-state index < -0.39 is 24.3 Å². The van der Waals surface area contributed by atoms with Crippen molar-refractivity contribution >= 4 is 17.9 Å². The van der Waals surface area contributed by atoms with Crippen LogP contribution in [-0.4, -0.2) is 82.3 Å². The van der Waals surface area contributed by atoms with Gasteiger partial charge < -0.3 is 33.3 Å². The Hall–Kier alpha value is -4.05. The normalized spacial score (nSPS) is 13.4. The molecule has 0 aliphatic rings. The second-order valence-corrected chi connectivity index (χ2v) is 23.0. The molecule has 0 fully saturated rings. The van der Waals surface area contributed by atoms with E-state index in [1.54, 1.807) is 0 Å². The summed E-state index contributed by atoms with van der Waals surface area (Å²) >= 11 is 0. The zero-order valence-electron chi connectivity index (χ0n) is 52.9. The van der Waals surface area contributed by atoms with Gasteiger partial charge >= 0.3 is 11.9 Å². The van der Waals surface area contributed by atoms with Crippen LogP contribution >= 0.6 is 0 Å². The highest BCUT2D eigenvalue weighted by molar-refractivity contribution is 5.70. The number of quaternary nitrogens is 1. The molecule has 0 heterocycles. The standard InChI is InChI=1S/C72H123NO8/c1-6-8-10-12-14-16-18-20-22-24-26-28-30-32-34-35-37-39-41-43-45-47-49-51-53-55-57-59-61-63-70(75)81-68(67-80-72(71(76)77)78-65-64-73(3,4)5)66-79-69(74)62-60-58-56-54-52-50-48-46-44-42-40-38-36-33-31-29-27-25-23-21-19-17-15-13-11-9-7-2/h8,10,14,16,20,22,26,28,32,34,37,39,43,45,49,51,55,57,68,72H,6-7,9,11-13,15,17-19,21,23-25,27,29-31,33,35-36,38,40-42,44,46-48,50,52-54,56,58-67H2,1-5H3/b10-8-,16-14-,22-20-,28-26-,34-32-,39-37-,45-43-,51-49-,57-55-. The molecule has 0 aromatic carbocycles. The molecule has 0 aromatic rings. The van der Waals surface area contributed by atoms with E-state index in [1.165, 1.54) is 154 Å². The highest BCUT2D eigenvalue weighted by Crippen LogP contribution is 2.17. The maximum Gasteiger partial charge on any atom is 0.306 e. The number of aliphatic carboxylic acids is 1. The van der Waals surface area contributed by atoms with E-state index >= 15 is 0 Å². The van der Waals surface area contributed by atoms with E-state index in [2.05, 4.69) is 123 Å². The van der Waals surface area contributed by atoms with Gasteiger partial charge in [-0.25, -0.2) is 0 Å². The molecular formula is C72H123NO8. The van der Waals surface area contributed by atoms with Gasteiger partial charge in [0.2, 0.25) is 0 Å². The molecule has 81 heavy (non-hydrogen) atoms. The van der Waals surface area contributed by atoms with Crippen LogP contribution in [0.15, 0.2) is 109 Å². The molecule has 464 valence electrons. The Bertz CT molecular complexity index is 1700. The summed E-state index contributed by atoms with van der Waals surface area (Å²) in [5.74, 6) is -2.36. The summed E-state index contributed by atoms with van der Waals surface area (Å²) in [5, 5.41) is 11.8. The third-order valence-electron chi connectivity index (χ3n) is 14.0. The smallest absolute Gasteiger partial charge is 0.306 e. The SMILES string of the molecule is CC/C=C\C/C=C\C/C=C\C/C=C\C/C=C\C/C=C\C/C=C\C/C=C\C/C=C\CCCC(=O)OC(COC(=O)CCCCCCCCCCCCCCCCCCCCCCCCCCCCC)COC(OCC[N+](C)(C)C)C(=O)[O-]. The van der Waals surface area contributed by atoms with Crippen LogP contribution in [0.4, 0.5) is 0 Å². The molecule has 0 saturated heterocycles. The minimum absolute atomic E-state index is 0.132. The Morgan fingerprint density at radius 3 is 1.04 bits per heavy atom. The summed E-state index contributed by atoms with van der Waals surface area (Å²) in [5.41, 5.74) is 0. The van der Waals surface area contributed by atoms with E-state index in [4.69, 9.17) is 18.9 Å². The van der Waals surface area contributed by atoms with Gasteiger partial charge in [-0.1, -0.05) is 290 Å². The predicted molar refractivity (Wildman–Crippen MR) is 343 cm³/mol. The molecule has 0 aliphatic heterocycles. The molecule has 9 heteroatoms. The fourth-order valence-corrected chi connectivity index (χ4v) is 9.01. The Balaban J connectivity index is 4.27. The van der Waals surface area contributed by atoms with Crippen molar-refractivity contribution in [2.45, 2.75) is 283 Å². The highest BCUT2D eigenvalue weighted by Gasteiger charge is 2.22. The lowest BCUT2D eigenvalue weighted by molar-refractivity contribution is -0.870. The number of carbonyl (C=O) groups excluding carboxylic acids is 3. The number of nitrogens with zero attached hydrogens (tertiary/aromatic N) is 1. The van der Waals surface area contributed by atoms with E-state index in [0.717, 1.165) is 77.0 Å². The first-order valence-electron chi connectivity index (χ1n) is 33.0. The van der Waals surface area contributed by atoms with Gasteiger partial charge in [-0.15, -0.1) is 0 Å². The van der Waals surface area contributed by atoms with E-state index in [0.29, 0.717) is 23.9 Å². The van der Waals surface area contributed by atoms with Gasteiger partial charge in [0.15, 0.2) is 12.4 Å². The summed E-state index contributed by atoms with van der Waals surface area (Å²) in [7, 11) is 5.90. The average molecular weight is 1130 g/mol. The first-order valence-corrected chi connectivity index (χ1v) is 33.0. The molecule has 0 saturated carbocycles. The van der Waals surface area contributed by atoms with Crippen LogP contribution in [0.25, 0.3) is 0 Å². The molecule has 0 aromatic heterocycles. The van der Waals surface area contributed by atoms with Gasteiger partial charge in [0.1, 0.15) is 13.2 Å². The molecular weight excluding hydrogens is 1010 g/mol. The molecule has 0 radical (unpaired) electrons. The fourth-order valence-electron chi connectivity index (χ4n) is 9.01. The highest BCUT2D eigenvalue weighted by atomic mass is 16.7. The summed E-state index contributed by atoms with van der Waals surface area (Å²) in [4.78, 5) is 37.4. The molecule has 0 amide bonds. The molecule has 0 N–H and O–H groups in total. The first-order chi connectivity index (χ1) is 39.6. The molecule has 2 unspecified atom stereocenters. The molecule has 0 spiro atoms. The number of likely N-dealkylation sites (N-methyl/N-ethyl adjacent to an activating group) is 1. The van der Waals surface area contributed by atoms with Crippen molar-refractivity contribution in [3.05, 3.63) is 109 Å². The molecule has 0 aliphatic carbocycles. The van der Waals surface area contributed by atoms with Gasteiger partial charge in [0.05, 0.1) is 40.3 Å². The molecule has 9 nitrogen and oxygen atoms in total. The molecule has 2 atom stereocenters. The minimum Gasteiger partial charge on any atom is -0.545 e. The van der Waals surface area contributed by atoms with Crippen molar-refractivity contribution < 1.29 is 42.9 Å². The number of unbranched alkanes of at least 4 members (excludes halogenated alkanes) is 27. The average Bonchev–Trinajstić information content (AvgIpc) is 3.44. The Morgan fingerprint density at radius 2 is 0.704 bits per heavy atom. The lowest BCUT2D eigenvalue weighted by Gasteiger charge is -2.26. The second kappa shape index (κ2) is 62.0. The van der Waals surface area contributed by atoms with Gasteiger partial charge in [0, 0.05) is 12.8 Å². The number of carbonyl (C=O) groups is 3. The third kappa shape index (κ3) is 63.4. The Labute approximate surface area is 498 Å². The maximum atomic E-state index is 12.9. The number of hydrogen-bond acceptors (Lipinski definition) is 8. The van der Waals surface area contributed by atoms with Gasteiger partial charge in [-0.05, 0) is 77.0 Å². The summed E-state index contributed by atoms with van der Waals surface area (Å²) in [6.07, 6.45) is 83.2. The van der Waals surface area contributed by atoms with Crippen LogP contribution in [0.2, 0.25) is 0 Å². The van der Waals surface area contributed by atoms with Crippen molar-refractivity contribution in [3.63, 3.8) is 0 Å². The lowest BCUT2D eigenvalue weighted by atomic mass is 10.0. The molecule has 0 rings (SSSR count). The quantitative estimate of drug-likeness (QED) is 0.0195. The van der Waals surface area contributed by atoms with Crippen LogP contribution in [0, 0.1) is 0 Å². The summed E-state index contributed by atoms with van der Waals surface area (Å²) in [6, 6.07) is 0. The minimum atomic E-state index is -1.64. The zero-order chi connectivity index (χ0) is 59.1. The maximum absolute atomic E-state index is 12.9. The van der Waals surface area contributed by atoms with Gasteiger partial charge in [0.25, 0.3) is 0 Å². The van der Waals surface area contributed by atoms with Crippen molar-refractivity contribution in [2.75, 3.05) is 47.5 Å². The predicted octanol–water partition coefficient (Wildman–Crippen LogP) is 18.9.